The summed E-state index contributed by atoms with van der Waals surface area (Å²) in [5, 5.41) is 4.41. The molecule has 2 aromatic rings. The van der Waals surface area contributed by atoms with E-state index in [0.29, 0.717) is 0 Å². The second-order valence-electron chi connectivity index (χ2n) is 5.72. The van der Waals surface area contributed by atoms with Gasteiger partial charge in [0.25, 0.3) is 0 Å². The average molecular weight is 302 g/mol. The van der Waals surface area contributed by atoms with Crippen LogP contribution in [-0.2, 0) is 0 Å². The molecular formula is C19H24ClN. The van der Waals surface area contributed by atoms with Crippen LogP contribution in [0.5, 0.6) is 0 Å². The normalized spacial score (nSPS) is 12.5. The van der Waals surface area contributed by atoms with Gasteiger partial charge in [-0.3, -0.25) is 0 Å². The van der Waals surface area contributed by atoms with E-state index in [1.54, 1.807) is 0 Å². The molecule has 0 heterocycles. The van der Waals surface area contributed by atoms with Gasteiger partial charge in [0.2, 0.25) is 0 Å². The highest BCUT2D eigenvalue weighted by Crippen LogP contribution is 2.32. The summed E-state index contributed by atoms with van der Waals surface area (Å²) in [6.45, 7) is 11.9. The molecule has 2 rings (SSSR count). The van der Waals surface area contributed by atoms with Gasteiger partial charge in [-0.05, 0) is 79.8 Å². The maximum absolute atomic E-state index is 6.03. The molecule has 2 heteroatoms. The molecule has 112 valence electrons. The lowest BCUT2D eigenvalue weighted by atomic mass is 9.86. The molecule has 0 saturated heterocycles. The molecule has 0 aliphatic carbocycles. The number of nitrogens with one attached hydrogen (secondary N) is 1. The van der Waals surface area contributed by atoms with Crippen LogP contribution in [0.15, 0.2) is 30.3 Å². The van der Waals surface area contributed by atoms with Gasteiger partial charge in [0, 0.05) is 5.02 Å². The summed E-state index contributed by atoms with van der Waals surface area (Å²) >= 11 is 6.03. The van der Waals surface area contributed by atoms with E-state index < -0.39 is 0 Å². The first-order chi connectivity index (χ1) is 9.95. The van der Waals surface area contributed by atoms with E-state index in [9.17, 15) is 0 Å². The van der Waals surface area contributed by atoms with E-state index in [1.165, 1.54) is 33.4 Å². The number of aryl methyl sites for hydroxylation is 2. The minimum Gasteiger partial charge on any atom is -0.307 e. The number of hydrogen-bond donors (Lipinski definition) is 1. The van der Waals surface area contributed by atoms with Crippen LogP contribution in [0.1, 0.15) is 46.3 Å². The Bertz CT molecular complexity index is 603. The molecule has 0 aliphatic rings. The SMILES string of the molecule is CCNC(c1ccc(Cl)cc1)c1c(C)c(C)cc(C)c1C. The number of hydrogen-bond acceptors (Lipinski definition) is 1. The van der Waals surface area contributed by atoms with Crippen LogP contribution >= 0.6 is 11.6 Å². The third-order valence-electron chi connectivity index (χ3n) is 4.32. The highest BCUT2D eigenvalue weighted by molar-refractivity contribution is 6.30. The van der Waals surface area contributed by atoms with Gasteiger partial charge in [-0.25, -0.2) is 0 Å². The zero-order valence-corrected chi connectivity index (χ0v) is 14.3. The smallest absolute Gasteiger partial charge is 0.0582 e. The first-order valence-corrected chi connectivity index (χ1v) is 7.89. The molecule has 0 bridgehead atoms. The Labute approximate surface area is 133 Å². The predicted molar refractivity (Wildman–Crippen MR) is 92.4 cm³/mol. The first kappa shape index (κ1) is 16.1. The molecule has 0 spiro atoms. The van der Waals surface area contributed by atoms with Crippen molar-refractivity contribution in [3.63, 3.8) is 0 Å². The fourth-order valence-electron chi connectivity index (χ4n) is 2.93. The Kier molecular flexibility index (Phi) is 5.08. The van der Waals surface area contributed by atoms with Crippen molar-refractivity contribution >= 4 is 11.6 Å². The van der Waals surface area contributed by atoms with E-state index in [1.807, 2.05) is 12.1 Å². The van der Waals surface area contributed by atoms with E-state index in [0.717, 1.165) is 11.6 Å². The van der Waals surface area contributed by atoms with E-state index in [-0.39, 0.29) is 6.04 Å². The average Bonchev–Trinajstić information content (AvgIpc) is 2.45. The summed E-state index contributed by atoms with van der Waals surface area (Å²) in [5.41, 5.74) is 8.11. The molecule has 21 heavy (non-hydrogen) atoms. The molecular weight excluding hydrogens is 278 g/mol. The second-order valence-corrected chi connectivity index (χ2v) is 6.15. The van der Waals surface area contributed by atoms with Crippen LogP contribution in [0.3, 0.4) is 0 Å². The number of benzene rings is 2. The molecule has 1 nitrogen and oxygen atoms in total. The molecule has 0 saturated carbocycles. The number of rotatable bonds is 4. The lowest BCUT2D eigenvalue weighted by Gasteiger charge is -2.25. The van der Waals surface area contributed by atoms with E-state index in [2.05, 4.69) is 58.1 Å². The minimum absolute atomic E-state index is 0.214. The van der Waals surface area contributed by atoms with Crippen molar-refractivity contribution in [2.75, 3.05) is 6.54 Å². The zero-order valence-electron chi connectivity index (χ0n) is 13.5. The fourth-order valence-corrected chi connectivity index (χ4v) is 3.05. The van der Waals surface area contributed by atoms with Crippen LogP contribution in [0.2, 0.25) is 5.02 Å². The van der Waals surface area contributed by atoms with Crippen molar-refractivity contribution in [1.82, 2.24) is 5.32 Å². The second kappa shape index (κ2) is 6.64. The summed E-state index contributed by atoms with van der Waals surface area (Å²) in [6.07, 6.45) is 0. The van der Waals surface area contributed by atoms with Gasteiger partial charge in [-0.2, -0.15) is 0 Å². The first-order valence-electron chi connectivity index (χ1n) is 7.51. The Morgan fingerprint density at radius 2 is 1.48 bits per heavy atom. The molecule has 2 aromatic carbocycles. The lowest BCUT2D eigenvalue weighted by molar-refractivity contribution is 0.623. The van der Waals surface area contributed by atoms with Gasteiger partial charge in [-0.15, -0.1) is 0 Å². The monoisotopic (exact) mass is 301 g/mol. The molecule has 0 fully saturated rings. The quantitative estimate of drug-likeness (QED) is 0.811. The third-order valence-corrected chi connectivity index (χ3v) is 4.58. The lowest BCUT2D eigenvalue weighted by Crippen LogP contribution is -2.24. The zero-order chi connectivity index (χ0) is 15.6. The molecule has 1 N–H and O–H groups in total. The van der Waals surface area contributed by atoms with Gasteiger partial charge >= 0.3 is 0 Å². The molecule has 0 aromatic heterocycles. The fraction of sp³-hybridized carbons (Fsp3) is 0.368. The third kappa shape index (κ3) is 3.30. The van der Waals surface area contributed by atoms with Crippen LogP contribution in [0.25, 0.3) is 0 Å². The topological polar surface area (TPSA) is 12.0 Å². The standard InChI is InChI=1S/C19H24ClN/c1-6-21-19(16-7-9-17(20)10-8-16)18-14(4)12(2)11-13(3)15(18)5/h7-11,19,21H,6H2,1-5H3. The highest BCUT2D eigenvalue weighted by Gasteiger charge is 2.19. The molecule has 1 atom stereocenters. The van der Waals surface area contributed by atoms with Crippen LogP contribution in [-0.4, -0.2) is 6.54 Å². The summed E-state index contributed by atoms with van der Waals surface area (Å²) in [4.78, 5) is 0. The van der Waals surface area contributed by atoms with Crippen molar-refractivity contribution in [3.8, 4) is 0 Å². The van der Waals surface area contributed by atoms with Crippen molar-refractivity contribution in [2.45, 2.75) is 40.7 Å². The van der Waals surface area contributed by atoms with Crippen LogP contribution in [0.4, 0.5) is 0 Å². The molecule has 0 aliphatic heterocycles. The van der Waals surface area contributed by atoms with Gasteiger partial charge < -0.3 is 5.32 Å². The van der Waals surface area contributed by atoms with Gasteiger partial charge in [0.1, 0.15) is 0 Å². The van der Waals surface area contributed by atoms with E-state index in [4.69, 9.17) is 11.6 Å². The summed E-state index contributed by atoms with van der Waals surface area (Å²) in [7, 11) is 0. The van der Waals surface area contributed by atoms with Gasteiger partial charge in [0.05, 0.1) is 6.04 Å². The maximum atomic E-state index is 6.03. The maximum Gasteiger partial charge on any atom is 0.0582 e. The van der Waals surface area contributed by atoms with Crippen molar-refractivity contribution in [1.29, 1.82) is 0 Å². The summed E-state index contributed by atoms with van der Waals surface area (Å²) in [5.74, 6) is 0. The van der Waals surface area contributed by atoms with Crippen molar-refractivity contribution in [3.05, 3.63) is 68.7 Å². The molecule has 0 radical (unpaired) electrons. The summed E-state index contributed by atoms with van der Waals surface area (Å²) in [6, 6.07) is 10.7. The van der Waals surface area contributed by atoms with Gasteiger partial charge in [-0.1, -0.05) is 36.7 Å². The highest BCUT2D eigenvalue weighted by atomic mass is 35.5. The molecule has 1 unspecified atom stereocenters. The Morgan fingerprint density at radius 1 is 0.952 bits per heavy atom. The van der Waals surface area contributed by atoms with Crippen molar-refractivity contribution in [2.24, 2.45) is 0 Å². The Balaban J connectivity index is 2.60. The van der Waals surface area contributed by atoms with Crippen LogP contribution < -0.4 is 5.32 Å². The van der Waals surface area contributed by atoms with Gasteiger partial charge in [0.15, 0.2) is 0 Å². The molecule has 0 amide bonds. The van der Waals surface area contributed by atoms with E-state index >= 15 is 0 Å². The number of halogens is 1. The minimum atomic E-state index is 0.214. The predicted octanol–water partition coefficient (Wildman–Crippen LogP) is 5.27. The largest absolute Gasteiger partial charge is 0.307 e. The Hall–Kier alpha value is -1.31. The Morgan fingerprint density at radius 3 is 1.95 bits per heavy atom. The summed E-state index contributed by atoms with van der Waals surface area (Å²) < 4.78 is 0. The van der Waals surface area contributed by atoms with Crippen molar-refractivity contribution < 1.29 is 0 Å². The van der Waals surface area contributed by atoms with Crippen LogP contribution in [0, 0.1) is 27.7 Å².